The number of aliphatic hydroxyl groups excluding tert-OH is 1. The number of carbonyl (C=O) groups excluding carboxylic acids is 1. The van der Waals surface area contributed by atoms with Gasteiger partial charge in [-0.05, 0) is 31.9 Å². The van der Waals surface area contributed by atoms with Crippen molar-refractivity contribution in [2.75, 3.05) is 19.0 Å². The van der Waals surface area contributed by atoms with E-state index in [1.165, 1.54) is 5.56 Å². The molecular weight excluding hydrogens is 240 g/mol. The maximum Gasteiger partial charge on any atom is 0.228 e. The molecule has 4 nitrogen and oxygen atoms in total. The number of amides is 1. The van der Waals surface area contributed by atoms with Crippen LogP contribution < -0.4 is 5.32 Å². The number of fused-ring (bicyclic) bond motifs is 1. The predicted molar refractivity (Wildman–Crippen MR) is 76.0 cm³/mol. The van der Waals surface area contributed by atoms with Gasteiger partial charge in [0.15, 0.2) is 0 Å². The Balaban J connectivity index is 2.16. The number of hydrogen-bond acceptors (Lipinski definition) is 3. The topological polar surface area (TPSA) is 52.6 Å². The molecule has 1 heterocycles. The first-order valence-electron chi connectivity index (χ1n) is 6.76. The fourth-order valence-corrected chi connectivity index (χ4v) is 2.50. The number of nitrogens with zero attached hydrogens (tertiary/aromatic N) is 1. The molecule has 0 fully saturated rings. The van der Waals surface area contributed by atoms with Crippen molar-refractivity contribution in [3.05, 3.63) is 29.8 Å². The lowest BCUT2D eigenvalue weighted by molar-refractivity contribution is -0.137. The second-order valence-electron chi connectivity index (χ2n) is 5.38. The molecule has 3 unspecified atom stereocenters. The molecule has 1 aliphatic rings. The molecule has 1 aliphatic heterocycles. The first-order chi connectivity index (χ1) is 9.04. The van der Waals surface area contributed by atoms with E-state index in [1.54, 1.807) is 11.9 Å². The summed E-state index contributed by atoms with van der Waals surface area (Å²) in [6.07, 6.45) is 0.756. The zero-order valence-electron chi connectivity index (χ0n) is 11.8. The van der Waals surface area contributed by atoms with Crippen LogP contribution in [-0.4, -0.2) is 41.7 Å². The maximum absolute atomic E-state index is 12.5. The maximum atomic E-state index is 12.5. The minimum absolute atomic E-state index is 0.00659. The Hall–Kier alpha value is -1.55. The van der Waals surface area contributed by atoms with Gasteiger partial charge >= 0.3 is 0 Å². The normalized spacial score (nSPS) is 23.2. The molecular formula is C15H22N2O2. The monoisotopic (exact) mass is 262 g/mol. The fraction of sp³-hybridized carbons (Fsp3) is 0.533. The Morgan fingerprint density at radius 2 is 2.21 bits per heavy atom. The van der Waals surface area contributed by atoms with Gasteiger partial charge in [-0.25, -0.2) is 0 Å². The molecule has 2 N–H and O–H groups in total. The molecule has 1 amide bonds. The number of aliphatic hydroxyl groups is 1. The van der Waals surface area contributed by atoms with Gasteiger partial charge in [0.05, 0.1) is 18.6 Å². The summed E-state index contributed by atoms with van der Waals surface area (Å²) in [7, 11) is 1.76. The summed E-state index contributed by atoms with van der Waals surface area (Å²) in [5, 5.41) is 12.6. The lowest BCUT2D eigenvalue weighted by Crippen LogP contribution is -2.47. The van der Waals surface area contributed by atoms with Gasteiger partial charge in [-0.15, -0.1) is 0 Å². The van der Waals surface area contributed by atoms with Crippen molar-refractivity contribution in [2.45, 2.75) is 32.4 Å². The lowest BCUT2D eigenvalue weighted by Gasteiger charge is -2.35. The van der Waals surface area contributed by atoms with Crippen molar-refractivity contribution in [1.29, 1.82) is 0 Å². The quantitative estimate of drug-likeness (QED) is 0.868. The van der Waals surface area contributed by atoms with Crippen molar-refractivity contribution in [2.24, 2.45) is 5.92 Å². The summed E-state index contributed by atoms with van der Waals surface area (Å²) < 4.78 is 0. The first kappa shape index (κ1) is 13.9. The van der Waals surface area contributed by atoms with Crippen LogP contribution in [0.3, 0.4) is 0 Å². The molecule has 0 aromatic heterocycles. The Labute approximate surface area is 114 Å². The SMILES string of the molecule is CC1Nc2ccccc2CC1C(=O)N(C)C(C)CO. The van der Waals surface area contributed by atoms with E-state index in [1.807, 2.05) is 32.0 Å². The van der Waals surface area contributed by atoms with E-state index in [-0.39, 0.29) is 30.5 Å². The number of benzene rings is 1. The van der Waals surface area contributed by atoms with Crippen molar-refractivity contribution in [3.63, 3.8) is 0 Å². The summed E-state index contributed by atoms with van der Waals surface area (Å²) in [4.78, 5) is 14.1. The molecule has 0 radical (unpaired) electrons. The van der Waals surface area contributed by atoms with Gasteiger partial charge in [0.1, 0.15) is 0 Å². The van der Waals surface area contributed by atoms with Crippen molar-refractivity contribution >= 4 is 11.6 Å². The number of anilines is 1. The van der Waals surface area contributed by atoms with Crippen LogP contribution in [0.5, 0.6) is 0 Å². The van der Waals surface area contributed by atoms with Gasteiger partial charge < -0.3 is 15.3 Å². The third kappa shape index (κ3) is 2.73. The number of carbonyl (C=O) groups is 1. The molecule has 0 spiro atoms. The zero-order valence-corrected chi connectivity index (χ0v) is 11.8. The Morgan fingerprint density at radius 1 is 1.53 bits per heavy atom. The molecule has 0 aliphatic carbocycles. The van der Waals surface area contributed by atoms with Crippen molar-refractivity contribution in [1.82, 2.24) is 4.90 Å². The fourth-order valence-electron chi connectivity index (χ4n) is 2.50. The van der Waals surface area contributed by atoms with Gasteiger partial charge in [-0.3, -0.25) is 4.79 Å². The van der Waals surface area contributed by atoms with E-state index < -0.39 is 0 Å². The van der Waals surface area contributed by atoms with E-state index >= 15 is 0 Å². The van der Waals surface area contributed by atoms with Crippen LogP contribution in [0.1, 0.15) is 19.4 Å². The standard InChI is InChI=1S/C15H22N2O2/c1-10(9-18)17(3)15(19)13-8-12-6-4-5-7-14(12)16-11(13)2/h4-7,10-11,13,16,18H,8-9H2,1-3H3. The summed E-state index contributed by atoms with van der Waals surface area (Å²) in [6, 6.07) is 8.07. The molecule has 3 atom stereocenters. The minimum atomic E-state index is -0.142. The van der Waals surface area contributed by atoms with Gasteiger partial charge in [0.2, 0.25) is 5.91 Å². The van der Waals surface area contributed by atoms with E-state index in [0.29, 0.717) is 0 Å². The number of hydrogen-bond donors (Lipinski definition) is 2. The van der Waals surface area contributed by atoms with Gasteiger partial charge in [-0.2, -0.15) is 0 Å². The highest BCUT2D eigenvalue weighted by Crippen LogP contribution is 2.29. The summed E-state index contributed by atoms with van der Waals surface area (Å²) in [6.45, 7) is 3.89. The molecule has 0 saturated heterocycles. The highest BCUT2D eigenvalue weighted by molar-refractivity contribution is 5.81. The molecule has 1 aromatic carbocycles. The highest BCUT2D eigenvalue weighted by Gasteiger charge is 2.33. The zero-order chi connectivity index (χ0) is 14.0. The average Bonchev–Trinajstić information content (AvgIpc) is 2.44. The van der Waals surface area contributed by atoms with Crippen LogP contribution in [0.2, 0.25) is 0 Å². The Morgan fingerprint density at radius 3 is 2.89 bits per heavy atom. The first-order valence-corrected chi connectivity index (χ1v) is 6.76. The lowest BCUT2D eigenvalue weighted by atomic mass is 9.87. The molecule has 0 bridgehead atoms. The third-order valence-electron chi connectivity index (χ3n) is 4.03. The highest BCUT2D eigenvalue weighted by atomic mass is 16.3. The van der Waals surface area contributed by atoms with E-state index in [9.17, 15) is 4.79 Å². The van der Waals surface area contributed by atoms with Crippen molar-refractivity contribution < 1.29 is 9.90 Å². The number of para-hydroxylation sites is 1. The molecule has 0 saturated carbocycles. The number of nitrogens with one attached hydrogen (secondary N) is 1. The van der Waals surface area contributed by atoms with Crippen LogP contribution in [0.15, 0.2) is 24.3 Å². The summed E-state index contributed by atoms with van der Waals surface area (Å²) in [5.41, 5.74) is 2.31. The van der Waals surface area contributed by atoms with Crippen LogP contribution in [0, 0.1) is 5.92 Å². The second kappa shape index (κ2) is 5.61. The van der Waals surface area contributed by atoms with Crippen LogP contribution in [-0.2, 0) is 11.2 Å². The van der Waals surface area contributed by atoms with E-state index in [4.69, 9.17) is 5.11 Å². The number of rotatable bonds is 3. The smallest absolute Gasteiger partial charge is 0.228 e. The van der Waals surface area contributed by atoms with E-state index in [2.05, 4.69) is 11.4 Å². The van der Waals surface area contributed by atoms with Gasteiger partial charge in [0.25, 0.3) is 0 Å². The Kier molecular flexibility index (Phi) is 4.10. The molecule has 1 aromatic rings. The van der Waals surface area contributed by atoms with E-state index in [0.717, 1.165) is 12.1 Å². The second-order valence-corrected chi connectivity index (χ2v) is 5.38. The van der Waals surface area contributed by atoms with Crippen LogP contribution in [0.25, 0.3) is 0 Å². The predicted octanol–water partition coefficient (Wildman–Crippen LogP) is 1.50. The van der Waals surface area contributed by atoms with Gasteiger partial charge in [0, 0.05) is 18.8 Å². The van der Waals surface area contributed by atoms with Crippen LogP contribution in [0.4, 0.5) is 5.69 Å². The largest absolute Gasteiger partial charge is 0.394 e. The van der Waals surface area contributed by atoms with Crippen molar-refractivity contribution in [3.8, 4) is 0 Å². The van der Waals surface area contributed by atoms with Crippen LogP contribution >= 0.6 is 0 Å². The summed E-state index contributed by atoms with van der Waals surface area (Å²) in [5.74, 6) is 0.0185. The number of likely N-dealkylation sites (N-methyl/N-ethyl adjacent to an activating group) is 1. The summed E-state index contributed by atoms with van der Waals surface area (Å²) >= 11 is 0. The molecule has 2 rings (SSSR count). The molecule has 4 heteroatoms. The third-order valence-corrected chi connectivity index (χ3v) is 4.03. The molecule has 19 heavy (non-hydrogen) atoms. The Bertz CT molecular complexity index is 461. The van der Waals surface area contributed by atoms with Gasteiger partial charge in [-0.1, -0.05) is 18.2 Å². The minimum Gasteiger partial charge on any atom is -0.394 e. The molecule has 104 valence electrons. The average molecular weight is 262 g/mol.